The Labute approximate surface area is 188 Å². The van der Waals surface area contributed by atoms with Gasteiger partial charge in [0.1, 0.15) is 6.29 Å². The van der Waals surface area contributed by atoms with Gasteiger partial charge in [-0.1, -0.05) is 41.6 Å². The van der Waals surface area contributed by atoms with Crippen LogP contribution in [-0.4, -0.2) is 67.2 Å². The SMILES string of the molecule is CC(I)[C@H](CC(=O)N(C)CCn1cnc2ccccc21)C(=O)NC(C=O)CC(=O)O. The highest BCUT2D eigenvalue weighted by Gasteiger charge is 2.29. The van der Waals surface area contributed by atoms with E-state index in [1.165, 1.54) is 0 Å². The van der Waals surface area contributed by atoms with Crippen molar-refractivity contribution in [1.29, 1.82) is 0 Å². The molecule has 2 amide bonds. The number of amides is 2. The van der Waals surface area contributed by atoms with Gasteiger partial charge in [0.15, 0.2) is 0 Å². The summed E-state index contributed by atoms with van der Waals surface area (Å²) in [6.45, 7) is 2.80. The molecule has 2 unspecified atom stereocenters. The number of imidazole rings is 1. The summed E-state index contributed by atoms with van der Waals surface area (Å²) in [5.74, 6) is -2.57. The smallest absolute Gasteiger partial charge is 0.305 e. The molecule has 10 heteroatoms. The van der Waals surface area contributed by atoms with Crippen LogP contribution >= 0.6 is 22.6 Å². The zero-order chi connectivity index (χ0) is 22.3. The molecule has 2 aromatic rings. The normalized spacial score (nSPS) is 14.0. The van der Waals surface area contributed by atoms with Crippen molar-refractivity contribution in [3.05, 3.63) is 30.6 Å². The van der Waals surface area contributed by atoms with E-state index in [1.807, 2.05) is 28.8 Å². The van der Waals surface area contributed by atoms with Gasteiger partial charge in [-0.2, -0.15) is 0 Å². The molecule has 0 spiro atoms. The lowest BCUT2D eigenvalue weighted by atomic mass is 9.99. The molecule has 3 atom stereocenters. The fourth-order valence-electron chi connectivity index (χ4n) is 2.99. The van der Waals surface area contributed by atoms with E-state index in [2.05, 4.69) is 32.9 Å². The maximum Gasteiger partial charge on any atom is 0.305 e. The van der Waals surface area contributed by atoms with Crippen LogP contribution in [0, 0.1) is 5.92 Å². The maximum absolute atomic E-state index is 12.7. The fraction of sp³-hybridized carbons (Fsp3) is 0.450. The van der Waals surface area contributed by atoms with Crippen molar-refractivity contribution in [3.8, 4) is 0 Å². The third-order valence-electron chi connectivity index (χ3n) is 4.80. The van der Waals surface area contributed by atoms with Gasteiger partial charge < -0.3 is 24.7 Å². The van der Waals surface area contributed by atoms with Gasteiger partial charge in [-0.05, 0) is 12.1 Å². The molecule has 2 rings (SSSR count). The molecule has 0 fully saturated rings. The molecule has 1 heterocycles. The molecule has 9 nitrogen and oxygen atoms in total. The highest BCUT2D eigenvalue weighted by Crippen LogP contribution is 2.19. The number of para-hydroxylation sites is 2. The first kappa shape index (κ1) is 23.8. The monoisotopic (exact) mass is 528 g/mol. The Bertz CT molecular complexity index is 913. The standard InChI is InChI=1S/C20H25IN4O5/c1-13(21)15(20(30)23-14(11-26)9-19(28)29)10-18(27)24(2)7-8-25-12-22-16-5-3-4-6-17(16)25/h3-6,11-15H,7-10H2,1-2H3,(H,23,30)(H,28,29)/t13?,14?,15-/m0/s1. The van der Waals surface area contributed by atoms with Gasteiger partial charge in [-0.15, -0.1) is 0 Å². The average Bonchev–Trinajstić information content (AvgIpc) is 3.11. The number of carbonyl (C=O) groups excluding carboxylic acids is 3. The lowest BCUT2D eigenvalue weighted by Gasteiger charge is -2.24. The maximum atomic E-state index is 12.7. The summed E-state index contributed by atoms with van der Waals surface area (Å²) in [5.41, 5.74) is 1.86. The molecule has 1 aromatic carbocycles. The first-order chi connectivity index (χ1) is 14.2. The summed E-state index contributed by atoms with van der Waals surface area (Å²) in [5, 5.41) is 11.2. The minimum absolute atomic E-state index is 0.0320. The lowest BCUT2D eigenvalue weighted by Crippen LogP contribution is -2.44. The van der Waals surface area contributed by atoms with Gasteiger partial charge in [-0.3, -0.25) is 14.4 Å². The number of nitrogens with one attached hydrogen (secondary N) is 1. The van der Waals surface area contributed by atoms with Gasteiger partial charge in [0.2, 0.25) is 11.8 Å². The van der Waals surface area contributed by atoms with Crippen molar-refractivity contribution in [2.75, 3.05) is 13.6 Å². The number of aldehydes is 1. The molecule has 162 valence electrons. The number of carboxylic acid groups (broad SMARTS) is 1. The van der Waals surface area contributed by atoms with Crippen LogP contribution in [0.25, 0.3) is 11.0 Å². The summed E-state index contributed by atoms with van der Waals surface area (Å²) < 4.78 is 1.78. The summed E-state index contributed by atoms with van der Waals surface area (Å²) in [6, 6.07) is 6.61. The number of aromatic nitrogens is 2. The second-order valence-corrected chi connectivity index (χ2v) is 9.04. The van der Waals surface area contributed by atoms with Crippen LogP contribution in [0.4, 0.5) is 0 Å². The van der Waals surface area contributed by atoms with Crippen molar-refractivity contribution < 1.29 is 24.3 Å². The molecule has 1 aromatic heterocycles. The van der Waals surface area contributed by atoms with E-state index in [4.69, 9.17) is 5.11 Å². The van der Waals surface area contributed by atoms with Crippen LogP contribution < -0.4 is 5.32 Å². The molecule has 0 aliphatic rings. The van der Waals surface area contributed by atoms with E-state index in [9.17, 15) is 19.2 Å². The number of likely N-dealkylation sites (N-methyl/N-ethyl adjacent to an activating group) is 1. The fourth-order valence-corrected chi connectivity index (χ4v) is 3.57. The largest absolute Gasteiger partial charge is 0.481 e. The molecule has 30 heavy (non-hydrogen) atoms. The summed E-state index contributed by atoms with van der Waals surface area (Å²) in [4.78, 5) is 52.9. The first-order valence-corrected chi connectivity index (χ1v) is 10.7. The summed E-state index contributed by atoms with van der Waals surface area (Å²) in [6.07, 6.45) is 1.60. The Morgan fingerprint density at radius 1 is 1.30 bits per heavy atom. The van der Waals surface area contributed by atoms with E-state index < -0.39 is 30.3 Å². The molecule has 0 radical (unpaired) electrons. The Balaban J connectivity index is 1.95. The second kappa shape index (κ2) is 11.0. The number of carbonyl (C=O) groups is 4. The van der Waals surface area contributed by atoms with Crippen LogP contribution in [-0.2, 0) is 25.7 Å². The first-order valence-electron chi connectivity index (χ1n) is 9.48. The number of carboxylic acids is 1. The second-order valence-electron chi connectivity index (χ2n) is 7.08. The quantitative estimate of drug-likeness (QED) is 0.259. The zero-order valence-electron chi connectivity index (χ0n) is 16.8. The molecular weight excluding hydrogens is 503 g/mol. The minimum atomic E-state index is -1.19. The number of nitrogens with zero attached hydrogens (tertiary/aromatic N) is 3. The van der Waals surface area contributed by atoms with Crippen molar-refractivity contribution in [2.45, 2.75) is 36.3 Å². The summed E-state index contributed by atoms with van der Waals surface area (Å²) in [7, 11) is 1.67. The van der Waals surface area contributed by atoms with Crippen LogP contribution in [0.1, 0.15) is 19.8 Å². The van der Waals surface area contributed by atoms with Crippen LogP contribution in [0.15, 0.2) is 30.6 Å². The summed E-state index contributed by atoms with van der Waals surface area (Å²) >= 11 is 2.05. The van der Waals surface area contributed by atoms with Crippen molar-refractivity contribution >= 4 is 57.7 Å². The number of hydrogen-bond acceptors (Lipinski definition) is 5. The van der Waals surface area contributed by atoms with Crippen LogP contribution in [0.2, 0.25) is 0 Å². The number of hydrogen-bond donors (Lipinski definition) is 2. The van der Waals surface area contributed by atoms with Crippen LogP contribution in [0.3, 0.4) is 0 Å². The lowest BCUT2D eigenvalue weighted by molar-refractivity contribution is -0.140. The van der Waals surface area contributed by atoms with Crippen LogP contribution in [0.5, 0.6) is 0 Å². The predicted molar refractivity (Wildman–Crippen MR) is 119 cm³/mol. The molecule has 2 N–H and O–H groups in total. The Morgan fingerprint density at radius 2 is 2.00 bits per heavy atom. The van der Waals surface area contributed by atoms with E-state index in [0.717, 1.165) is 11.0 Å². The average molecular weight is 528 g/mol. The predicted octanol–water partition coefficient (Wildman–Crippen LogP) is 1.48. The van der Waals surface area contributed by atoms with Gasteiger partial charge in [0, 0.05) is 30.5 Å². The molecular formula is C20H25IN4O5. The van der Waals surface area contributed by atoms with Crippen molar-refractivity contribution in [3.63, 3.8) is 0 Å². The molecule has 0 aliphatic heterocycles. The number of aliphatic carboxylic acids is 1. The topological polar surface area (TPSA) is 122 Å². The Morgan fingerprint density at radius 3 is 2.63 bits per heavy atom. The van der Waals surface area contributed by atoms with E-state index in [0.29, 0.717) is 19.4 Å². The van der Waals surface area contributed by atoms with Gasteiger partial charge in [0.25, 0.3) is 0 Å². The van der Waals surface area contributed by atoms with E-state index in [1.54, 1.807) is 25.2 Å². The number of halogens is 1. The minimum Gasteiger partial charge on any atom is -0.481 e. The third kappa shape index (κ3) is 6.51. The number of benzene rings is 1. The Hall–Kier alpha value is -2.50. The Kier molecular flexibility index (Phi) is 8.75. The molecule has 0 bridgehead atoms. The van der Waals surface area contributed by atoms with Gasteiger partial charge in [0.05, 0.1) is 35.7 Å². The molecule has 0 aliphatic carbocycles. The number of alkyl halides is 1. The highest BCUT2D eigenvalue weighted by molar-refractivity contribution is 14.1. The molecule has 0 saturated heterocycles. The number of fused-ring (bicyclic) bond motifs is 1. The number of rotatable bonds is 11. The van der Waals surface area contributed by atoms with Gasteiger partial charge >= 0.3 is 5.97 Å². The van der Waals surface area contributed by atoms with Crippen molar-refractivity contribution in [1.82, 2.24) is 19.8 Å². The van der Waals surface area contributed by atoms with Gasteiger partial charge in [-0.25, -0.2) is 4.98 Å². The van der Waals surface area contributed by atoms with E-state index >= 15 is 0 Å². The highest BCUT2D eigenvalue weighted by atomic mass is 127. The van der Waals surface area contributed by atoms with E-state index in [-0.39, 0.29) is 16.3 Å². The van der Waals surface area contributed by atoms with Crippen molar-refractivity contribution in [2.24, 2.45) is 5.92 Å². The third-order valence-corrected chi connectivity index (χ3v) is 5.67. The molecule has 0 saturated carbocycles. The zero-order valence-corrected chi connectivity index (χ0v) is 19.0.